The number of hydrogen-bond donors (Lipinski definition) is 2. The lowest BCUT2D eigenvalue weighted by Gasteiger charge is -2.25. The van der Waals surface area contributed by atoms with Crippen molar-refractivity contribution in [2.45, 2.75) is 58.9 Å². The molecule has 7 heteroatoms. The van der Waals surface area contributed by atoms with E-state index in [-0.39, 0.29) is 23.0 Å². The molecule has 2 aromatic rings. The number of nitrogens with two attached hydrogens (primary N) is 1. The van der Waals surface area contributed by atoms with Crippen molar-refractivity contribution in [2.24, 2.45) is 5.73 Å². The first kappa shape index (κ1) is 20.2. The summed E-state index contributed by atoms with van der Waals surface area (Å²) in [6, 6.07) is 2.56. The standard InChI is InChI=1S/C21H28F2N4O/c1-12(2)20(24)27-13(3)25-19(21(27)26-14-8-6-5-7-9-14)18-16(22)10-15(28-4)11-17(18)23/h10-11,14,26H,5-9,24H2,1-4H3. The molecular weight excluding hydrogens is 362 g/mol. The van der Waals surface area contributed by atoms with Crippen LogP contribution in [0.5, 0.6) is 5.75 Å². The molecule has 0 unspecified atom stereocenters. The number of aromatic nitrogens is 2. The lowest BCUT2D eigenvalue weighted by Crippen LogP contribution is -2.25. The Bertz CT molecular complexity index is 871. The number of methoxy groups -OCH3 is 1. The zero-order valence-corrected chi connectivity index (χ0v) is 16.9. The summed E-state index contributed by atoms with van der Waals surface area (Å²) in [5.74, 6) is 0.296. The van der Waals surface area contributed by atoms with Crippen molar-refractivity contribution in [1.82, 2.24) is 9.55 Å². The third-order valence-electron chi connectivity index (χ3n) is 5.23. The second-order valence-electron chi connectivity index (χ2n) is 7.52. The highest BCUT2D eigenvalue weighted by atomic mass is 19.1. The lowest BCUT2D eigenvalue weighted by atomic mass is 9.95. The number of rotatable bonds is 5. The van der Waals surface area contributed by atoms with Gasteiger partial charge in [-0.15, -0.1) is 0 Å². The Hall–Kier alpha value is -2.57. The minimum Gasteiger partial charge on any atom is -0.497 e. The zero-order valence-electron chi connectivity index (χ0n) is 16.9. The summed E-state index contributed by atoms with van der Waals surface area (Å²) in [6.07, 6.45) is 5.48. The Morgan fingerprint density at radius 2 is 1.79 bits per heavy atom. The average molecular weight is 390 g/mol. The molecule has 5 nitrogen and oxygen atoms in total. The monoisotopic (exact) mass is 390 g/mol. The zero-order chi connectivity index (χ0) is 20.4. The topological polar surface area (TPSA) is 65.1 Å². The van der Waals surface area contributed by atoms with Gasteiger partial charge in [0.25, 0.3) is 0 Å². The first-order valence-electron chi connectivity index (χ1n) is 9.66. The van der Waals surface area contributed by atoms with Gasteiger partial charge in [-0.3, -0.25) is 4.57 Å². The fraction of sp³-hybridized carbons (Fsp3) is 0.476. The Morgan fingerprint density at radius 1 is 1.18 bits per heavy atom. The van der Waals surface area contributed by atoms with Gasteiger partial charge in [-0.25, -0.2) is 13.8 Å². The summed E-state index contributed by atoms with van der Waals surface area (Å²) in [5, 5.41) is 3.48. The van der Waals surface area contributed by atoms with Gasteiger partial charge in [0.2, 0.25) is 0 Å². The van der Waals surface area contributed by atoms with E-state index in [1.807, 2.05) is 13.8 Å². The van der Waals surface area contributed by atoms with E-state index in [1.54, 1.807) is 11.5 Å². The van der Waals surface area contributed by atoms with E-state index < -0.39 is 11.6 Å². The van der Waals surface area contributed by atoms with Crippen molar-refractivity contribution in [3.05, 3.63) is 35.2 Å². The van der Waals surface area contributed by atoms with E-state index in [0.29, 0.717) is 17.5 Å². The van der Waals surface area contributed by atoms with Crippen LogP contribution in [0.15, 0.2) is 17.7 Å². The van der Waals surface area contributed by atoms with E-state index in [1.165, 1.54) is 25.7 Å². The number of nitrogens with zero attached hydrogens (tertiary/aromatic N) is 2. The Morgan fingerprint density at radius 3 is 2.32 bits per heavy atom. The molecule has 3 N–H and O–H groups in total. The Balaban J connectivity index is 2.18. The molecule has 1 aromatic heterocycles. The number of hydrogen-bond acceptors (Lipinski definition) is 4. The van der Waals surface area contributed by atoms with Crippen LogP contribution in [-0.2, 0) is 0 Å². The second kappa shape index (κ2) is 8.20. The van der Waals surface area contributed by atoms with Crippen molar-refractivity contribution in [1.29, 1.82) is 0 Å². The molecular formula is C21H28F2N4O. The maximum absolute atomic E-state index is 14.8. The predicted molar refractivity (Wildman–Crippen MR) is 108 cm³/mol. The van der Waals surface area contributed by atoms with Gasteiger partial charge in [0.05, 0.1) is 12.7 Å². The predicted octanol–water partition coefficient (Wildman–Crippen LogP) is 5.06. The number of ether oxygens (including phenoxy) is 1. The summed E-state index contributed by atoms with van der Waals surface area (Å²) >= 11 is 0. The van der Waals surface area contributed by atoms with Crippen LogP contribution in [0.4, 0.5) is 14.6 Å². The average Bonchev–Trinajstić information content (AvgIpc) is 2.96. The minimum absolute atomic E-state index is 0.125. The molecule has 3 rings (SSSR count). The first-order chi connectivity index (χ1) is 13.3. The van der Waals surface area contributed by atoms with Crippen molar-refractivity contribution < 1.29 is 13.5 Å². The molecule has 0 bridgehead atoms. The van der Waals surface area contributed by atoms with Crippen LogP contribution in [0.2, 0.25) is 0 Å². The normalized spacial score (nSPS) is 14.8. The first-order valence-corrected chi connectivity index (χ1v) is 9.66. The Labute approximate surface area is 164 Å². The molecule has 0 spiro atoms. The van der Waals surface area contributed by atoms with E-state index in [0.717, 1.165) is 31.3 Å². The van der Waals surface area contributed by atoms with Crippen molar-refractivity contribution in [3.63, 3.8) is 0 Å². The van der Waals surface area contributed by atoms with Crippen LogP contribution in [0, 0.1) is 18.6 Å². The number of halogens is 2. The largest absolute Gasteiger partial charge is 0.497 e. The molecule has 28 heavy (non-hydrogen) atoms. The van der Waals surface area contributed by atoms with Gasteiger partial charge < -0.3 is 15.8 Å². The molecule has 0 atom stereocenters. The third-order valence-corrected chi connectivity index (χ3v) is 5.23. The number of aryl methyl sites for hydroxylation is 1. The highest BCUT2D eigenvalue weighted by molar-refractivity contribution is 5.77. The lowest BCUT2D eigenvalue weighted by molar-refractivity contribution is 0.407. The third kappa shape index (κ3) is 3.84. The highest BCUT2D eigenvalue weighted by Gasteiger charge is 2.26. The molecule has 0 saturated heterocycles. The number of allylic oxidation sites excluding steroid dienone is 1. The Kier molecular flexibility index (Phi) is 5.91. The molecule has 1 heterocycles. The maximum atomic E-state index is 14.8. The van der Waals surface area contributed by atoms with Crippen LogP contribution >= 0.6 is 0 Å². The summed E-state index contributed by atoms with van der Waals surface area (Å²) in [5.41, 5.74) is 7.26. The summed E-state index contributed by atoms with van der Waals surface area (Å²) < 4.78 is 36.3. The minimum atomic E-state index is -0.719. The van der Waals surface area contributed by atoms with E-state index >= 15 is 0 Å². The smallest absolute Gasteiger partial charge is 0.140 e. The van der Waals surface area contributed by atoms with Gasteiger partial charge in [-0.05, 0) is 39.2 Å². The fourth-order valence-electron chi connectivity index (χ4n) is 3.69. The number of benzene rings is 1. The van der Waals surface area contributed by atoms with Crippen molar-refractivity contribution >= 4 is 11.6 Å². The van der Waals surface area contributed by atoms with Crippen LogP contribution in [0.1, 0.15) is 51.8 Å². The van der Waals surface area contributed by atoms with Crippen LogP contribution in [0.3, 0.4) is 0 Å². The van der Waals surface area contributed by atoms with Crippen LogP contribution < -0.4 is 15.8 Å². The molecule has 1 aliphatic carbocycles. The van der Waals surface area contributed by atoms with Gasteiger partial charge in [0, 0.05) is 18.2 Å². The van der Waals surface area contributed by atoms with Gasteiger partial charge in [-0.2, -0.15) is 0 Å². The summed E-state index contributed by atoms with van der Waals surface area (Å²) in [6.45, 7) is 5.57. The molecule has 1 aromatic carbocycles. The molecule has 0 aliphatic heterocycles. The van der Waals surface area contributed by atoms with Crippen LogP contribution in [0.25, 0.3) is 17.1 Å². The SMILES string of the molecule is COc1cc(F)c(-c2nc(C)n(C(N)=C(C)C)c2NC2CCCCC2)c(F)c1. The quantitative estimate of drug-likeness (QED) is 0.749. The summed E-state index contributed by atoms with van der Waals surface area (Å²) in [4.78, 5) is 4.49. The van der Waals surface area contributed by atoms with E-state index in [4.69, 9.17) is 10.5 Å². The van der Waals surface area contributed by atoms with E-state index in [2.05, 4.69) is 10.3 Å². The molecule has 0 amide bonds. The van der Waals surface area contributed by atoms with E-state index in [9.17, 15) is 8.78 Å². The van der Waals surface area contributed by atoms with Gasteiger partial charge in [-0.1, -0.05) is 19.3 Å². The number of anilines is 1. The molecule has 1 saturated carbocycles. The fourth-order valence-corrected chi connectivity index (χ4v) is 3.69. The van der Waals surface area contributed by atoms with Gasteiger partial charge in [0.1, 0.15) is 40.5 Å². The van der Waals surface area contributed by atoms with Crippen molar-refractivity contribution in [3.8, 4) is 17.0 Å². The summed E-state index contributed by atoms with van der Waals surface area (Å²) in [7, 11) is 1.37. The van der Waals surface area contributed by atoms with Crippen LogP contribution in [-0.4, -0.2) is 22.7 Å². The molecule has 1 fully saturated rings. The molecule has 0 radical (unpaired) electrons. The van der Waals surface area contributed by atoms with Crippen molar-refractivity contribution in [2.75, 3.05) is 12.4 Å². The number of nitrogens with one attached hydrogen (secondary N) is 1. The maximum Gasteiger partial charge on any atom is 0.140 e. The highest BCUT2D eigenvalue weighted by Crippen LogP contribution is 2.37. The van der Waals surface area contributed by atoms with Gasteiger partial charge >= 0.3 is 0 Å². The molecule has 1 aliphatic rings. The van der Waals surface area contributed by atoms with Gasteiger partial charge in [0.15, 0.2) is 0 Å². The second-order valence-corrected chi connectivity index (χ2v) is 7.52. The number of imidazole rings is 1. The molecule has 152 valence electrons.